The summed E-state index contributed by atoms with van der Waals surface area (Å²) in [5.74, 6) is 0.663. The molecule has 0 radical (unpaired) electrons. The molecule has 0 aromatic heterocycles. The van der Waals surface area contributed by atoms with Crippen LogP contribution in [0.15, 0.2) is 29.2 Å². The number of rotatable bonds is 3. The Morgan fingerprint density at radius 1 is 1.33 bits per heavy atom. The molecule has 0 bridgehead atoms. The van der Waals surface area contributed by atoms with E-state index in [4.69, 9.17) is 11.6 Å². The second kappa shape index (κ2) is 5.59. The van der Waals surface area contributed by atoms with Gasteiger partial charge in [-0.1, -0.05) is 31.0 Å². The highest BCUT2D eigenvalue weighted by molar-refractivity contribution is 7.89. The van der Waals surface area contributed by atoms with Crippen molar-refractivity contribution in [1.82, 2.24) is 4.31 Å². The minimum Gasteiger partial charge on any atom is -0.207 e. The van der Waals surface area contributed by atoms with Gasteiger partial charge < -0.3 is 0 Å². The molecule has 0 aliphatic carbocycles. The maximum atomic E-state index is 12.4. The molecule has 1 aliphatic rings. The Morgan fingerprint density at radius 3 is 2.56 bits per heavy atom. The minimum atomic E-state index is -3.37. The Morgan fingerprint density at radius 2 is 2.00 bits per heavy atom. The van der Waals surface area contributed by atoms with Crippen LogP contribution in [0.25, 0.3) is 0 Å². The molecule has 0 unspecified atom stereocenters. The van der Waals surface area contributed by atoms with Crippen LogP contribution in [0.1, 0.15) is 26.2 Å². The van der Waals surface area contributed by atoms with Gasteiger partial charge in [0.25, 0.3) is 0 Å². The second-order valence-electron chi connectivity index (χ2n) is 4.71. The normalized spacial score (nSPS) is 19.0. The number of halogens is 1. The lowest BCUT2D eigenvalue weighted by Gasteiger charge is -2.30. The van der Waals surface area contributed by atoms with Crippen LogP contribution in [-0.4, -0.2) is 25.8 Å². The second-order valence-corrected chi connectivity index (χ2v) is 7.09. The van der Waals surface area contributed by atoms with Gasteiger partial charge in [0.15, 0.2) is 0 Å². The van der Waals surface area contributed by atoms with Crippen LogP contribution in [0.2, 0.25) is 5.02 Å². The Bertz CT molecular complexity index is 507. The van der Waals surface area contributed by atoms with Gasteiger partial charge in [-0.2, -0.15) is 4.31 Å². The highest BCUT2D eigenvalue weighted by Crippen LogP contribution is 2.26. The van der Waals surface area contributed by atoms with Crippen molar-refractivity contribution in [2.24, 2.45) is 5.92 Å². The molecule has 5 heteroatoms. The molecule has 18 heavy (non-hydrogen) atoms. The molecule has 0 N–H and O–H groups in total. The number of piperidine rings is 1. The molecule has 100 valence electrons. The van der Waals surface area contributed by atoms with Crippen molar-refractivity contribution >= 4 is 21.6 Å². The van der Waals surface area contributed by atoms with E-state index >= 15 is 0 Å². The Labute approximate surface area is 114 Å². The molecule has 0 atom stereocenters. The van der Waals surface area contributed by atoms with Gasteiger partial charge in [0.2, 0.25) is 10.0 Å². The summed E-state index contributed by atoms with van der Waals surface area (Å²) in [6.45, 7) is 3.40. The third-order valence-electron chi connectivity index (χ3n) is 3.58. The third-order valence-corrected chi connectivity index (χ3v) is 5.71. The summed E-state index contributed by atoms with van der Waals surface area (Å²) in [6, 6.07) is 6.48. The summed E-state index contributed by atoms with van der Waals surface area (Å²) in [4.78, 5) is 0.296. The summed E-state index contributed by atoms with van der Waals surface area (Å²) in [5, 5.41) is 0.458. The lowest BCUT2D eigenvalue weighted by molar-refractivity contribution is 0.269. The zero-order valence-electron chi connectivity index (χ0n) is 10.5. The van der Waals surface area contributed by atoms with E-state index in [1.54, 1.807) is 22.5 Å². The van der Waals surface area contributed by atoms with Gasteiger partial charge in [-0.25, -0.2) is 8.42 Å². The maximum Gasteiger partial charge on any atom is 0.243 e. The Hall–Kier alpha value is -0.580. The smallest absolute Gasteiger partial charge is 0.207 e. The van der Waals surface area contributed by atoms with Gasteiger partial charge in [-0.15, -0.1) is 0 Å². The van der Waals surface area contributed by atoms with E-state index in [9.17, 15) is 8.42 Å². The van der Waals surface area contributed by atoms with E-state index in [0.29, 0.717) is 28.9 Å². The van der Waals surface area contributed by atoms with E-state index in [2.05, 4.69) is 6.92 Å². The SMILES string of the molecule is CCC1CCN(S(=O)(=O)c2cccc(Cl)c2)CC1. The van der Waals surface area contributed by atoms with Gasteiger partial charge in [-0.05, 0) is 37.0 Å². The highest BCUT2D eigenvalue weighted by Gasteiger charge is 2.28. The van der Waals surface area contributed by atoms with Crippen molar-refractivity contribution < 1.29 is 8.42 Å². The highest BCUT2D eigenvalue weighted by atomic mass is 35.5. The molecule has 1 aliphatic heterocycles. The summed E-state index contributed by atoms with van der Waals surface area (Å²) in [7, 11) is -3.37. The van der Waals surface area contributed by atoms with E-state index in [1.807, 2.05) is 0 Å². The van der Waals surface area contributed by atoms with Gasteiger partial charge >= 0.3 is 0 Å². The van der Waals surface area contributed by atoms with E-state index < -0.39 is 10.0 Å². The van der Waals surface area contributed by atoms with Crippen molar-refractivity contribution in [3.05, 3.63) is 29.3 Å². The average molecular weight is 288 g/mol. The molecule has 2 rings (SSSR count). The van der Waals surface area contributed by atoms with Crippen LogP contribution in [0.3, 0.4) is 0 Å². The van der Waals surface area contributed by atoms with Crippen molar-refractivity contribution in [3.63, 3.8) is 0 Å². The van der Waals surface area contributed by atoms with Crippen LogP contribution in [0, 0.1) is 5.92 Å². The first-order valence-electron chi connectivity index (χ1n) is 6.29. The molecule has 1 heterocycles. The number of nitrogens with zero attached hydrogens (tertiary/aromatic N) is 1. The standard InChI is InChI=1S/C13H18ClNO2S/c1-2-11-6-8-15(9-7-11)18(16,17)13-5-3-4-12(14)10-13/h3-5,10-11H,2,6-9H2,1H3. The van der Waals surface area contributed by atoms with Gasteiger partial charge in [0, 0.05) is 18.1 Å². The topological polar surface area (TPSA) is 37.4 Å². The van der Waals surface area contributed by atoms with Crippen LogP contribution < -0.4 is 0 Å². The average Bonchev–Trinajstić information content (AvgIpc) is 2.39. The van der Waals surface area contributed by atoms with Gasteiger partial charge in [0.05, 0.1) is 4.90 Å². The number of hydrogen-bond acceptors (Lipinski definition) is 2. The predicted molar refractivity (Wildman–Crippen MR) is 73.2 cm³/mol. The van der Waals surface area contributed by atoms with E-state index in [-0.39, 0.29) is 0 Å². The van der Waals surface area contributed by atoms with Crippen molar-refractivity contribution in [2.75, 3.05) is 13.1 Å². The van der Waals surface area contributed by atoms with Crippen LogP contribution >= 0.6 is 11.6 Å². The first kappa shape index (κ1) is 13.8. The molecule has 0 saturated carbocycles. The zero-order chi connectivity index (χ0) is 13.2. The number of sulfonamides is 1. The quantitative estimate of drug-likeness (QED) is 0.856. The lowest BCUT2D eigenvalue weighted by atomic mass is 9.96. The van der Waals surface area contributed by atoms with Gasteiger partial charge in [0.1, 0.15) is 0 Å². The third kappa shape index (κ3) is 2.87. The molecule has 3 nitrogen and oxygen atoms in total. The monoisotopic (exact) mass is 287 g/mol. The molecular weight excluding hydrogens is 270 g/mol. The maximum absolute atomic E-state index is 12.4. The first-order valence-corrected chi connectivity index (χ1v) is 8.11. The van der Waals surface area contributed by atoms with Crippen LogP contribution in [0.5, 0.6) is 0 Å². The fourth-order valence-electron chi connectivity index (χ4n) is 2.33. The first-order chi connectivity index (χ1) is 8.54. The van der Waals surface area contributed by atoms with Crippen LogP contribution in [-0.2, 0) is 10.0 Å². The fraction of sp³-hybridized carbons (Fsp3) is 0.538. The molecule has 0 spiro atoms. The summed E-state index contributed by atoms with van der Waals surface area (Å²) in [5.41, 5.74) is 0. The summed E-state index contributed by atoms with van der Waals surface area (Å²) < 4.78 is 26.4. The minimum absolute atomic E-state index is 0.296. The van der Waals surface area contributed by atoms with E-state index in [0.717, 1.165) is 19.3 Å². The van der Waals surface area contributed by atoms with Crippen molar-refractivity contribution in [2.45, 2.75) is 31.1 Å². The Kier molecular flexibility index (Phi) is 4.30. The van der Waals surface area contributed by atoms with Crippen molar-refractivity contribution in [3.8, 4) is 0 Å². The molecular formula is C13H18ClNO2S. The number of hydrogen-bond donors (Lipinski definition) is 0. The largest absolute Gasteiger partial charge is 0.243 e. The molecule has 1 fully saturated rings. The molecule has 1 aromatic carbocycles. The Balaban J connectivity index is 2.17. The zero-order valence-corrected chi connectivity index (χ0v) is 12.0. The number of benzene rings is 1. The van der Waals surface area contributed by atoms with Crippen molar-refractivity contribution in [1.29, 1.82) is 0 Å². The molecule has 1 saturated heterocycles. The summed E-state index contributed by atoms with van der Waals surface area (Å²) >= 11 is 5.85. The van der Waals surface area contributed by atoms with E-state index in [1.165, 1.54) is 6.07 Å². The fourth-order valence-corrected chi connectivity index (χ4v) is 4.11. The predicted octanol–water partition coefficient (Wildman–Crippen LogP) is 3.15. The van der Waals surface area contributed by atoms with Crippen LogP contribution in [0.4, 0.5) is 0 Å². The molecule has 0 amide bonds. The molecule has 1 aromatic rings. The van der Waals surface area contributed by atoms with Gasteiger partial charge in [-0.3, -0.25) is 0 Å². The lowest BCUT2D eigenvalue weighted by Crippen LogP contribution is -2.38. The summed E-state index contributed by atoms with van der Waals surface area (Å²) in [6.07, 6.45) is 3.04.